The number of methoxy groups -OCH3 is 1. The number of nitrogens with zero attached hydrogens (tertiary/aromatic N) is 5. The van der Waals surface area contributed by atoms with Crippen LogP contribution >= 0.6 is 0 Å². The standard InChI is InChI=1S/C30H41N7O4/c1-6-36-23(13-14-32-36)26(38)34-25(20-9-7-19(2)8-10-20)22-16-37-24(33-22)12-11-21(35-37)15-30(28(40)41-5)17-29(3,4)18-31-27(30)39/h11-14,16,19-20,25H,6-10,15,17-18H2,1-5H3,(H,31,39)(H,34,38)/t19?,20?,25-,30+/m0/s1. The lowest BCUT2D eigenvalue weighted by atomic mass is 9.67. The minimum absolute atomic E-state index is 0.111. The number of rotatable bonds is 8. The molecule has 1 saturated carbocycles. The Bertz CT molecular complexity index is 1430. The summed E-state index contributed by atoms with van der Waals surface area (Å²) in [6.07, 6.45) is 8.17. The average Bonchev–Trinajstić information content (AvgIpc) is 3.60. The Hall–Kier alpha value is -3.76. The zero-order valence-corrected chi connectivity index (χ0v) is 24.6. The van der Waals surface area contributed by atoms with Crippen molar-refractivity contribution < 1.29 is 19.1 Å². The predicted octanol–water partition coefficient (Wildman–Crippen LogP) is 3.49. The highest BCUT2D eigenvalue weighted by Gasteiger charge is 2.53. The van der Waals surface area contributed by atoms with E-state index in [9.17, 15) is 14.4 Å². The van der Waals surface area contributed by atoms with Crippen LogP contribution in [0.25, 0.3) is 5.65 Å². The molecule has 0 unspecified atom stereocenters. The zero-order valence-electron chi connectivity index (χ0n) is 24.6. The first kappa shape index (κ1) is 28.8. The summed E-state index contributed by atoms with van der Waals surface area (Å²) in [7, 11) is 1.31. The predicted molar refractivity (Wildman–Crippen MR) is 152 cm³/mol. The van der Waals surface area contributed by atoms with Gasteiger partial charge in [0, 0.05) is 25.7 Å². The molecule has 0 spiro atoms. The molecule has 2 fully saturated rings. The Morgan fingerprint density at radius 2 is 1.95 bits per heavy atom. The maximum atomic E-state index is 13.4. The monoisotopic (exact) mass is 563 g/mol. The van der Waals surface area contributed by atoms with Gasteiger partial charge in [-0.05, 0) is 61.6 Å². The van der Waals surface area contributed by atoms with Gasteiger partial charge >= 0.3 is 5.97 Å². The van der Waals surface area contributed by atoms with Gasteiger partial charge in [-0.1, -0.05) is 33.6 Å². The number of hydrogen-bond acceptors (Lipinski definition) is 7. The summed E-state index contributed by atoms with van der Waals surface area (Å²) in [6.45, 7) is 9.37. The quantitative estimate of drug-likeness (QED) is 0.317. The van der Waals surface area contributed by atoms with E-state index in [1.165, 1.54) is 7.11 Å². The summed E-state index contributed by atoms with van der Waals surface area (Å²) >= 11 is 0. The third-order valence-corrected chi connectivity index (χ3v) is 8.78. The fraction of sp³-hybridized carbons (Fsp3) is 0.600. The number of nitrogens with one attached hydrogen (secondary N) is 2. The number of ether oxygens (including phenoxy) is 1. The van der Waals surface area contributed by atoms with E-state index in [1.54, 1.807) is 27.5 Å². The van der Waals surface area contributed by atoms with Gasteiger partial charge in [-0.2, -0.15) is 10.2 Å². The molecule has 0 radical (unpaired) electrons. The molecule has 2 amide bonds. The van der Waals surface area contributed by atoms with Crippen molar-refractivity contribution in [2.45, 2.75) is 78.8 Å². The van der Waals surface area contributed by atoms with Gasteiger partial charge in [0.25, 0.3) is 5.91 Å². The molecule has 1 saturated heterocycles. The first-order valence-electron chi connectivity index (χ1n) is 14.6. The van der Waals surface area contributed by atoms with E-state index in [0.717, 1.165) is 31.4 Å². The van der Waals surface area contributed by atoms with Gasteiger partial charge in [0.15, 0.2) is 11.1 Å². The van der Waals surface area contributed by atoms with Crippen LogP contribution in [0.2, 0.25) is 0 Å². The Morgan fingerprint density at radius 3 is 2.66 bits per heavy atom. The molecule has 5 rings (SSSR count). The smallest absolute Gasteiger partial charge is 0.321 e. The fourth-order valence-corrected chi connectivity index (χ4v) is 6.56. The van der Waals surface area contributed by atoms with Gasteiger partial charge in [-0.15, -0.1) is 0 Å². The van der Waals surface area contributed by atoms with E-state index in [0.29, 0.717) is 42.5 Å². The van der Waals surface area contributed by atoms with Crippen LogP contribution in [0.3, 0.4) is 0 Å². The van der Waals surface area contributed by atoms with E-state index in [2.05, 4.69) is 22.7 Å². The van der Waals surface area contributed by atoms with Gasteiger partial charge in [0.2, 0.25) is 5.91 Å². The van der Waals surface area contributed by atoms with E-state index in [-0.39, 0.29) is 35.6 Å². The maximum absolute atomic E-state index is 13.4. The van der Waals surface area contributed by atoms with Crippen LogP contribution in [0.5, 0.6) is 0 Å². The number of fused-ring (bicyclic) bond motifs is 1. The van der Waals surface area contributed by atoms with Crippen molar-refractivity contribution in [2.75, 3.05) is 13.7 Å². The van der Waals surface area contributed by atoms with Crippen molar-refractivity contribution in [1.82, 2.24) is 35.0 Å². The molecule has 2 N–H and O–H groups in total. The molecule has 11 heteroatoms. The largest absolute Gasteiger partial charge is 0.468 e. The lowest BCUT2D eigenvalue weighted by molar-refractivity contribution is -0.164. The summed E-state index contributed by atoms with van der Waals surface area (Å²) in [5, 5.41) is 15.2. The second kappa shape index (κ2) is 11.3. The van der Waals surface area contributed by atoms with Crippen LogP contribution in [-0.2, 0) is 27.3 Å². The number of carbonyl (C=O) groups is 3. The van der Waals surface area contributed by atoms with E-state index in [4.69, 9.17) is 14.8 Å². The van der Waals surface area contributed by atoms with Crippen molar-refractivity contribution >= 4 is 23.4 Å². The number of carbonyl (C=O) groups excluding carboxylic acids is 3. The van der Waals surface area contributed by atoms with Crippen LogP contribution in [0.4, 0.5) is 0 Å². The molecular weight excluding hydrogens is 522 g/mol. The molecule has 3 aromatic heterocycles. The number of aryl methyl sites for hydroxylation is 1. The minimum Gasteiger partial charge on any atom is -0.468 e. The van der Waals surface area contributed by atoms with E-state index >= 15 is 0 Å². The molecule has 4 heterocycles. The summed E-state index contributed by atoms with van der Waals surface area (Å²) < 4.78 is 8.49. The minimum atomic E-state index is -1.36. The molecule has 41 heavy (non-hydrogen) atoms. The van der Waals surface area contributed by atoms with Gasteiger partial charge in [-0.25, -0.2) is 9.50 Å². The Kier molecular flexibility index (Phi) is 7.89. The Balaban J connectivity index is 1.46. The average molecular weight is 564 g/mol. The number of esters is 1. The molecule has 0 aromatic carbocycles. The van der Waals surface area contributed by atoms with Crippen molar-refractivity contribution in [2.24, 2.45) is 22.7 Å². The van der Waals surface area contributed by atoms with Crippen molar-refractivity contribution in [3.05, 3.63) is 47.7 Å². The highest BCUT2D eigenvalue weighted by atomic mass is 16.5. The summed E-state index contributed by atoms with van der Waals surface area (Å²) in [4.78, 5) is 44.4. The fourth-order valence-electron chi connectivity index (χ4n) is 6.56. The number of hydrogen-bond donors (Lipinski definition) is 2. The van der Waals surface area contributed by atoms with Crippen LogP contribution in [-0.4, -0.2) is 55.8 Å². The third kappa shape index (κ3) is 5.71. The third-order valence-electron chi connectivity index (χ3n) is 8.78. The second-order valence-corrected chi connectivity index (χ2v) is 12.6. The topological polar surface area (TPSA) is 133 Å². The zero-order chi connectivity index (χ0) is 29.4. The number of imidazole rings is 1. The van der Waals surface area contributed by atoms with Gasteiger partial charge in [0.05, 0.1) is 30.7 Å². The normalized spacial score (nSPS) is 25.0. The van der Waals surface area contributed by atoms with E-state index < -0.39 is 11.4 Å². The molecule has 2 atom stereocenters. The first-order valence-corrected chi connectivity index (χ1v) is 14.6. The van der Waals surface area contributed by atoms with Crippen LogP contribution in [0, 0.1) is 22.7 Å². The van der Waals surface area contributed by atoms with Crippen LogP contribution in [0.1, 0.15) is 87.7 Å². The summed E-state index contributed by atoms with van der Waals surface area (Å²) in [5.74, 6) is -0.162. The molecular formula is C30H41N7O4. The Labute approximate surface area is 240 Å². The van der Waals surface area contributed by atoms with Crippen LogP contribution in [0.15, 0.2) is 30.6 Å². The summed E-state index contributed by atoms with van der Waals surface area (Å²) in [5.41, 5.74) is 0.838. The maximum Gasteiger partial charge on any atom is 0.321 e. The molecule has 0 bridgehead atoms. The molecule has 11 nitrogen and oxygen atoms in total. The number of amides is 2. The molecule has 3 aromatic rings. The second-order valence-electron chi connectivity index (χ2n) is 12.6. The molecule has 220 valence electrons. The van der Waals surface area contributed by atoms with Crippen LogP contribution < -0.4 is 10.6 Å². The SMILES string of the molecule is CCn1nccc1C(=O)N[C@H](c1cn2nc(C[C@@]3(C(=O)OC)CC(C)(C)CNC3=O)ccc2n1)C1CCC(C)CC1. The lowest BCUT2D eigenvalue weighted by Gasteiger charge is -2.41. The van der Waals surface area contributed by atoms with Gasteiger partial charge < -0.3 is 15.4 Å². The number of aromatic nitrogens is 5. The lowest BCUT2D eigenvalue weighted by Crippen LogP contribution is -2.57. The highest BCUT2D eigenvalue weighted by Crippen LogP contribution is 2.41. The van der Waals surface area contributed by atoms with Crippen molar-refractivity contribution in [1.29, 1.82) is 0 Å². The Morgan fingerprint density at radius 1 is 1.20 bits per heavy atom. The van der Waals surface area contributed by atoms with E-state index in [1.807, 2.05) is 33.0 Å². The van der Waals surface area contributed by atoms with Gasteiger partial charge in [-0.3, -0.25) is 19.1 Å². The highest BCUT2D eigenvalue weighted by molar-refractivity contribution is 6.03. The first-order chi connectivity index (χ1) is 19.5. The van der Waals surface area contributed by atoms with Crippen molar-refractivity contribution in [3.63, 3.8) is 0 Å². The van der Waals surface area contributed by atoms with Crippen molar-refractivity contribution in [3.8, 4) is 0 Å². The number of piperidine rings is 1. The summed E-state index contributed by atoms with van der Waals surface area (Å²) in [6, 6.07) is 5.10. The molecule has 1 aliphatic heterocycles. The molecule has 1 aliphatic carbocycles. The van der Waals surface area contributed by atoms with Gasteiger partial charge in [0.1, 0.15) is 5.69 Å². The molecule has 2 aliphatic rings.